The van der Waals surface area contributed by atoms with Crippen molar-refractivity contribution in [2.24, 2.45) is 0 Å². The molecule has 0 unspecified atom stereocenters. The molecule has 0 aliphatic carbocycles. The molecule has 0 aliphatic rings. The van der Waals surface area contributed by atoms with Crippen LogP contribution in [0.4, 0.5) is 17.1 Å². The van der Waals surface area contributed by atoms with Crippen molar-refractivity contribution in [3.8, 4) is 61.3 Å². The minimum absolute atomic E-state index is 1.06. The SMILES string of the molecule is c1ccc(-c2ccc(-n3c4ccccc4c4ccccc43)c(-c3ccc(N(c4cccc(-c5cccc6ccccc56)c4)c4cccc(-c5c(-c6ccccc6)ccc6ccccc56)c4)cc3)c2)cc1. The normalized spacial score (nSPS) is 11.4. The van der Waals surface area contributed by atoms with E-state index in [9.17, 15) is 0 Å². The van der Waals surface area contributed by atoms with Crippen LogP contribution in [0.3, 0.4) is 0 Å². The second-order valence-corrected chi connectivity index (χ2v) is 18.1. The van der Waals surface area contributed by atoms with Gasteiger partial charge in [0.05, 0.1) is 16.7 Å². The number of hydrogen-bond donors (Lipinski definition) is 0. The zero-order valence-electron chi connectivity index (χ0n) is 38.5. The number of nitrogens with zero attached hydrogens (tertiary/aromatic N) is 2. The minimum Gasteiger partial charge on any atom is -0.310 e. The van der Waals surface area contributed by atoms with Crippen molar-refractivity contribution < 1.29 is 0 Å². The zero-order valence-corrected chi connectivity index (χ0v) is 38.5. The van der Waals surface area contributed by atoms with Gasteiger partial charge in [0, 0.05) is 33.4 Å². The first-order valence-electron chi connectivity index (χ1n) is 24.1. The standard InChI is InChI=1S/C68H46N2/c1-3-18-47(19-4-1)52-39-43-67(70-65-34-13-11-31-62(65)63-32-12-14-35-66(63)70)64(46-52)51-36-40-55(41-37-51)69(56-27-15-25-53(44-56)59-33-17-24-48-22-7-9-29-58(48)59)57-28-16-26-54(45-57)68-60-30-10-8-23-50(60)38-42-61(68)49-20-5-2-6-21-49/h1-46H. The highest BCUT2D eigenvalue weighted by Crippen LogP contribution is 2.45. The van der Waals surface area contributed by atoms with E-state index in [0.717, 1.165) is 39.4 Å². The summed E-state index contributed by atoms with van der Waals surface area (Å²) in [7, 11) is 0. The second kappa shape index (κ2) is 17.4. The molecule has 0 fully saturated rings. The minimum atomic E-state index is 1.06. The summed E-state index contributed by atoms with van der Waals surface area (Å²) in [4.78, 5) is 2.42. The molecule has 0 bridgehead atoms. The Labute approximate surface area is 408 Å². The molecule has 0 saturated carbocycles. The highest BCUT2D eigenvalue weighted by Gasteiger charge is 2.20. The van der Waals surface area contributed by atoms with E-state index in [0.29, 0.717) is 0 Å². The smallest absolute Gasteiger partial charge is 0.0541 e. The number of benzene rings is 12. The van der Waals surface area contributed by atoms with Crippen molar-refractivity contribution >= 4 is 60.4 Å². The molecule has 70 heavy (non-hydrogen) atoms. The fourth-order valence-electron chi connectivity index (χ4n) is 10.7. The first-order valence-corrected chi connectivity index (χ1v) is 24.1. The van der Waals surface area contributed by atoms with Gasteiger partial charge in [0.25, 0.3) is 0 Å². The van der Waals surface area contributed by atoms with Gasteiger partial charge in [0.1, 0.15) is 0 Å². The number of aromatic nitrogens is 1. The molecule has 0 atom stereocenters. The van der Waals surface area contributed by atoms with Crippen LogP contribution in [0.25, 0.3) is 105 Å². The number of fused-ring (bicyclic) bond motifs is 5. The fraction of sp³-hybridized carbons (Fsp3) is 0. The van der Waals surface area contributed by atoms with Gasteiger partial charge in [-0.25, -0.2) is 0 Å². The van der Waals surface area contributed by atoms with Gasteiger partial charge >= 0.3 is 0 Å². The molecular weight excluding hydrogens is 845 g/mol. The lowest BCUT2D eigenvalue weighted by molar-refractivity contribution is 1.18. The van der Waals surface area contributed by atoms with Crippen LogP contribution in [0.15, 0.2) is 279 Å². The lowest BCUT2D eigenvalue weighted by Gasteiger charge is -2.27. The Hall–Kier alpha value is -9.24. The summed E-state index contributed by atoms with van der Waals surface area (Å²) in [5.41, 5.74) is 18.6. The third-order valence-electron chi connectivity index (χ3n) is 14.0. The Morgan fingerprint density at radius 2 is 0.743 bits per heavy atom. The van der Waals surface area contributed by atoms with Gasteiger partial charge in [0.15, 0.2) is 0 Å². The van der Waals surface area contributed by atoms with Gasteiger partial charge < -0.3 is 9.47 Å². The molecular formula is C68H46N2. The Balaban J connectivity index is 1.00. The maximum absolute atomic E-state index is 2.44. The Morgan fingerprint density at radius 1 is 0.243 bits per heavy atom. The van der Waals surface area contributed by atoms with Gasteiger partial charge in [-0.15, -0.1) is 0 Å². The van der Waals surface area contributed by atoms with Crippen molar-refractivity contribution in [1.29, 1.82) is 0 Å². The molecule has 0 aliphatic heterocycles. The van der Waals surface area contributed by atoms with Crippen molar-refractivity contribution in [1.82, 2.24) is 4.57 Å². The third-order valence-corrected chi connectivity index (χ3v) is 14.0. The molecule has 13 rings (SSSR count). The van der Waals surface area contributed by atoms with E-state index in [1.54, 1.807) is 0 Å². The average molecular weight is 891 g/mol. The Kier molecular flexibility index (Phi) is 10.2. The van der Waals surface area contributed by atoms with E-state index in [-0.39, 0.29) is 0 Å². The zero-order chi connectivity index (χ0) is 46.4. The first kappa shape index (κ1) is 41.0. The molecule has 2 nitrogen and oxygen atoms in total. The van der Waals surface area contributed by atoms with Crippen LogP contribution >= 0.6 is 0 Å². The topological polar surface area (TPSA) is 8.17 Å². The third kappa shape index (κ3) is 7.22. The molecule has 0 N–H and O–H groups in total. The number of para-hydroxylation sites is 2. The monoisotopic (exact) mass is 890 g/mol. The van der Waals surface area contributed by atoms with Crippen molar-refractivity contribution in [3.63, 3.8) is 0 Å². The van der Waals surface area contributed by atoms with Crippen LogP contribution in [-0.4, -0.2) is 4.57 Å². The van der Waals surface area contributed by atoms with Gasteiger partial charge in [0.2, 0.25) is 0 Å². The fourth-order valence-corrected chi connectivity index (χ4v) is 10.7. The summed E-state index contributed by atoms with van der Waals surface area (Å²) in [5.74, 6) is 0. The molecule has 12 aromatic carbocycles. The summed E-state index contributed by atoms with van der Waals surface area (Å²) >= 11 is 0. The van der Waals surface area contributed by atoms with Crippen LogP contribution in [-0.2, 0) is 0 Å². The van der Waals surface area contributed by atoms with Crippen LogP contribution in [0.2, 0.25) is 0 Å². The van der Waals surface area contributed by atoms with Crippen LogP contribution < -0.4 is 4.90 Å². The maximum atomic E-state index is 2.44. The summed E-state index contributed by atoms with van der Waals surface area (Å²) in [5, 5.41) is 7.40. The van der Waals surface area contributed by atoms with Crippen LogP contribution in [0, 0.1) is 0 Å². The predicted octanol–water partition coefficient (Wildman–Crippen LogP) is 18.9. The van der Waals surface area contributed by atoms with Crippen molar-refractivity contribution in [2.45, 2.75) is 0 Å². The molecule has 0 radical (unpaired) electrons. The first-order chi connectivity index (χ1) is 34.7. The van der Waals surface area contributed by atoms with E-state index in [4.69, 9.17) is 0 Å². The average Bonchev–Trinajstić information content (AvgIpc) is 3.77. The second-order valence-electron chi connectivity index (χ2n) is 18.1. The van der Waals surface area contributed by atoms with Gasteiger partial charge in [-0.3, -0.25) is 0 Å². The number of anilines is 3. The largest absolute Gasteiger partial charge is 0.310 e. The number of hydrogen-bond acceptors (Lipinski definition) is 1. The molecule has 328 valence electrons. The van der Waals surface area contributed by atoms with E-state index in [1.807, 2.05) is 0 Å². The summed E-state index contributed by atoms with van der Waals surface area (Å²) in [6, 6.07) is 102. The highest BCUT2D eigenvalue weighted by atomic mass is 15.1. The molecule has 0 amide bonds. The molecule has 1 heterocycles. The highest BCUT2D eigenvalue weighted by molar-refractivity contribution is 6.10. The maximum Gasteiger partial charge on any atom is 0.0541 e. The van der Waals surface area contributed by atoms with Gasteiger partial charge in [-0.2, -0.15) is 0 Å². The lowest BCUT2D eigenvalue weighted by atomic mass is 9.89. The molecule has 2 heteroatoms. The summed E-state index contributed by atoms with van der Waals surface area (Å²) in [6.07, 6.45) is 0. The Bertz CT molecular complexity index is 3990. The molecule has 0 spiro atoms. The summed E-state index contributed by atoms with van der Waals surface area (Å²) < 4.78 is 2.44. The molecule has 13 aromatic rings. The summed E-state index contributed by atoms with van der Waals surface area (Å²) in [6.45, 7) is 0. The quantitative estimate of drug-likeness (QED) is 0.140. The van der Waals surface area contributed by atoms with Crippen molar-refractivity contribution in [3.05, 3.63) is 279 Å². The van der Waals surface area contributed by atoms with Crippen LogP contribution in [0.1, 0.15) is 0 Å². The molecule has 0 saturated heterocycles. The van der Waals surface area contributed by atoms with E-state index >= 15 is 0 Å². The molecule has 1 aromatic heterocycles. The van der Waals surface area contributed by atoms with E-state index < -0.39 is 0 Å². The predicted molar refractivity (Wildman–Crippen MR) is 298 cm³/mol. The van der Waals surface area contributed by atoms with Crippen molar-refractivity contribution in [2.75, 3.05) is 4.90 Å². The van der Waals surface area contributed by atoms with Gasteiger partial charge in [-0.1, -0.05) is 218 Å². The van der Waals surface area contributed by atoms with E-state index in [2.05, 4.69) is 289 Å². The van der Waals surface area contributed by atoms with Gasteiger partial charge in [-0.05, 0) is 132 Å². The van der Waals surface area contributed by atoms with E-state index in [1.165, 1.54) is 82.3 Å². The Morgan fingerprint density at radius 3 is 1.44 bits per heavy atom. The number of rotatable bonds is 9. The lowest BCUT2D eigenvalue weighted by Crippen LogP contribution is -2.10. The van der Waals surface area contributed by atoms with Crippen LogP contribution in [0.5, 0.6) is 0 Å².